The molecule has 2 rings (SSSR count). The summed E-state index contributed by atoms with van der Waals surface area (Å²) in [6.45, 7) is 2.62. The smallest absolute Gasteiger partial charge is 0.225 e. The lowest BCUT2D eigenvalue weighted by atomic mass is 9.74. The van der Waals surface area contributed by atoms with Crippen molar-refractivity contribution in [3.05, 3.63) is 35.9 Å². The third-order valence-electron chi connectivity index (χ3n) is 4.85. The van der Waals surface area contributed by atoms with Crippen LogP contribution < -0.4 is 11.1 Å². The van der Waals surface area contributed by atoms with Gasteiger partial charge in [-0.25, -0.2) is 0 Å². The van der Waals surface area contributed by atoms with Crippen LogP contribution in [0.2, 0.25) is 0 Å². The summed E-state index contributed by atoms with van der Waals surface area (Å²) >= 11 is 0. The highest BCUT2D eigenvalue weighted by Gasteiger charge is 2.37. The number of nitrogens with one attached hydrogen (secondary N) is 1. The van der Waals surface area contributed by atoms with E-state index in [1.54, 1.807) is 0 Å². The van der Waals surface area contributed by atoms with Crippen LogP contribution in [0, 0.1) is 5.92 Å². The molecule has 1 saturated carbocycles. The van der Waals surface area contributed by atoms with Crippen molar-refractivity contribution < 1.29 is 4.79 Å². The molecule has 3 N–H and O–H groups in total. The van der Waals surface area contributed by atoms with Crippen molar-refractivity contribution in [2.45, 2.75) is 44.2 Å². The van der Waals surface area contributed by atoms with Crippen molar-refractivity contribution in [3.63, 3.8) is 0 Å². The second kappa shape index (κ2) is 7.25. The molecule has 1 aromatic rings. The number of benzene rings is 1. The van der Waals surface area contributed by atoms with Crippen LogP contribution in [0.4, 0.5) is 0 Å². The van der Waals surface area contributed by atoms with Gasteiger partial charge in [-0.05, 0) is 39.4 Å². The molecule has 22 heavy (non-hydrogen) atoms. The van der Waals surface area contributed by atoms with Gasteiger partial charge in [0.25, 0.3) is 0 Å². The van der Waals surface area contributed by atoms with E-state index < -0.39 is 0 Å². The minimum atomic E-state index is -0.372. The Hall–Kier alpha value is -1.39. The van der Waals surface area contributed by atoms with Gasteiger partial charge in [0.2, 0.25) is 5.91 Å². The van der Waals surface area contributed by atoms with Crippen LogP contribution in [0.1, 0.15) is 44.2 Å². The lowest BCUT2D eigenvalue weighted by Gasteiger charge is -2.37. The zero-order valence-electron chi connectivity index (χ0n) is 14.0. The summed E-state index contributed by atoms with van der Waals surface area (Å²) in [6.07, 6.45) is 4.06. The zero-order valence-corrected chi connectivity index (χ0v) is 14.0. The first kappa shape index (κ1) is 17.0. The van der Waals surface area contributed by atoms with E-state index in [9.17, 15) is 4.79 Å². The summed E-state index contributed by atoms with van der Waals surface area (Å²) < 4.78 is 0. The van der Waals surface area contributed by atoms with Gasteiger partial charge < -0.3 is 16.0 Å². The molecule has 3 atom stereocenters. The van der Waals surface area contributed by atoms with E-state index >= 15 is 0 Å². The maximum Gasteiger partial charge on any atom is 0.225 e. The minimum Gasteiger partial charge on any atom is -0.354 e. The number of likely N-dealkylation sites (N-methyl/N-ethyl adjacent to an activating group) is 1. The fourth-order valence-electron chi connectivity index (χ4n) is 3.38. The summed E-state index contributed by atoms with van der Waals surface area (Å²) in [4.78, 5) is 14.7. The molecule has 0 saturated heterocycles. The Morgan fingerprint density at radius 3 is 2.64 bits per heavy atom. The molecule has 1 aliphatic rings. The summed E-state index contributed by atoms with van der Waals surface area (Å²) in [5, 5.41) is 3.13. The van der Waals surface area contributed by atoms with Crippen molar-refractivity contribution in [1.29, 1.82) is 0 Å². The molecular formula is C18H29N3O. The van der Waals surface area contributed by atoms with Crippen LogP contribution in [-0.2, 0) is 4.79 Å². The van der Waals surface area contributed by atoms with Crippen molar-refractivity contribution >= 4 is 5.91 Å². The second-order valence-electron chi connectivity index (χ2n) is 6.94. The van der Waals surface area contributed by atoms with E-state index in [2.05, 4.69) is 22.3 Å². The molecule has 0 heterocycles. The highest BCUT2D eigenvalue weighted by Crippen LogP contribution is 2.31. The number of nitrogens with two attached hydrogens (primary N) is 1. The fourth-order valence-corrected chi connectivity index (χ4v) is 3.38. The highest BCUT2D eigenvalue weighted by atomic mass is 16.1. The van der Waals surface area contributed by atoms with Crippen LogP contribution in [0.3, 0.4) is 0 Å². The third kappa shape index (κ3) is 4.08. The van der Waals surface area contributed by atoms with E-state index in [-0.39, 0.29) is 23.4 Å². The quantitative estimate of drug-likeness (QED) is 0.877. The molecule has 4 heteroatoms. The standard InChI is InChI=1S/C18H29N3O/c1-18(19)12-8-7-11-15(18)17(22)20-13-16(21(2)3)14-9-5-4-6-10-14/h4-6,9-10,15-16H,7-8,11-13,19H2,1-3H3,(H,20,22). The van der Waals surface area contributed by atoms with Gasteiger partial charge in [-0.15, -0.1) is 0 Å². The van der Waals surface area contributed by atoms with Crippen LogP contribution in [0.5, 0.6) is 0 Å². The monoisotopic (exact) mass is 303 g/mol. The van der Waals surface area contributed by atoms with Gasteiger partial charge in [-0.1, -0.05) is 43.2 Å². The van der Waals surface area contributed by atoms with Crippen molar-refractivity contribution in [3.8, 4) is 0 Å². The largest absolute Gasteiger partial charge is 0.354 e. The fraction of sp³-hybridized carbons (Fsp3) is 0.611. The maximum absolute atomic E-state index is 12.6. The zero-order chi connectivity index (χ0) is 16.2. The van der Waals surface area contributed by atoms with E-state index in [0.29, 0.717) is 6.54 Å². The molecule has 1 fully saturated rings. The van der Waals surface area contributed by atoms with E-state index in [1.165, 1.54) is 5.56 Å². The van der Waals surface area contributed by atoms with Crippen LogP contribution >= 0.6 is 0 Å². The normalized spacial score (nSPS) is 26.7. The number of hydrogen-bond acceptors (Lipinski definition) is 3. The van der Waals surface area contributed by atoms with Gasteiger partial charge in [0.1, 0.15) is 0 Å². The number of amides is 1. The molecule has 122 valence electrons. The van der Waals surface area contributed by atoms with Gasteiger partial charge in [0, 0.05) is 12.1 Å². The Bertz CT molecular complexity index is 484. The molecule has 1 aromatic carbocycles. The van der Waals surface area contributed by atoms with Crippen LogP contribution in [0.25, 0.3) is 0 Å². The molecule has 0 aromatic heterocycles. The Morgan fingerprint density at radius 1 is 1.36 bits per heavy atom. The van der Waals surface area contributed by atoms with Gasteiger partial charge in [0.15, 0.2) is 0 Å². The number of carbonyl (C=O) groups excluding carboxylic acids is 1. The van der Waals surface area contributed by atoms with E-state index in [1.807, 2.05) is 39.2 Å². The highest BCUT2D eigenvalue weighted by molar-refractivity contribution is 5.80. The molecule has 1 aliphatic carbocycles. The molecule has 4 nitrogen and oxygen atoms in total. The number of hydrogen-bond donors (Lipinski definition) is 2. The predicted molar refractivity (Wildman–Crippen MR) is 90.4 cm³/mol. The Balaban J connectivity index is 1.99. The van der Waals surface area contributed by atoms with Crippen LogP contribution in [0.15, 0.2) is 30.3 Å². The topological polar surface area (TPSA) is 58.4 Å². The Labute approximate surface area is 134 Å². The molecule has 0 spiro atoms. The molecule has 3 unspecified atom stereocenters. The average molecular weight is 303 g/mol. The first-order valence-corrected chi connectivity index (χ1v) is 8.20. The van der Waals surface area contributed by atoms with Gasteiger partial charge in [0.05, 0.1) is 12.0 Å². The number of nitrogens with zero attached hydrogens (tertiary/aromatic N) is 1. The first-order chi connectivity index (χ1) is 10.4. The summed E-state index contributed by atoms with van der Waals surface area (Å²) in [5.74, 6) is 0.0346. The molecular weight excluding hydrogens is 274 g/mol. The number of carbonyl (C=O) groups is 1. The Morgan fingerprint density at radius 2 is 2.05 bits per heavy atom. The first-order valence-electron chi connectivity index (χ1n) is 8.20. The van der Waals surface area contributed by atoms with Crippen LogP contribution in [-0.4, -0.2) is 37.0 Å². The average Bonchev–Trinajstić information content (AvgIpc) is 2.47. The summed E-state index contributed by atoms with van der Waals surface area (Å²) in [5.41, 5.74) is 7.17. The predicted octanol–water partition coefficient (Wildman–Crippen LogP) is 2.31. The van der Waals surface area contributed by atoms with Gasteiger partial charge >= 0.3 is 0 Å². The second-order valence-corrected chi connectivity index (χ2v) is 6.94. The third-order valence-corrected chi connectivity index (χ3v) is 4.85. The maximum atomic E-state index is 12.6. The molecule has 0 radical (unpaired) electrons. The minimum absolute atomic E-state index is 0.0696. The van der Waals surface area contributed by atoms with E-state index in [0.717, 1.165) is 25.7 Å². The molecule has 0 aliphatic heterocycles. The number of rotatable bonds is 5. The molecule has 0 bridgehead atoms. The SMILES string of the molecule is CN(C)C(CNC(=O)C1CCCCC1(C)N)c1ccccc1. The summed E-state index contributed by atoms with van der Waals surface area (Å²) in [6, 6.07) is 10.5. The van der Waals surface area contributed by atoms with Crippen molar-refractivity contribution in [2.75, 3.05) is 20.6 Å². The van der Waals surface area contributed by atoms with Crippen molar-refractivity contribution in [1.82, 2.24) is 10.2 Å². The molecule has 1 amide bonds. The lowest BCUT2D eigenvalue weighted by molar-refractivity contribution is -0.128. The van der Waals surface area contributed by atoms with Crippen molar-refractivity contribution in [2.24, 2.45) is 11.7 Å². The lowest BCUT2D eigenvalue weighted by Crippen LogP contribution is -2.53. The Kier molecular flexibility index (Phi) is 5.59. The van der Waals surface area contributed by atoms with Gasteiger partial charge in [-0.2, -0.15) is 0 Å². The summed E-state index contributed by atoms with van der Waals surface area (Å²) in [7, 11) is 4.08. The van der Waals surface area contributed by atoms with E-state index in [4.69, 9.17) is 5.73 Å². The van der Waals surface area contributed by atoms with Gasteiger partial charge in [-0.3, -0.25) is 4.79 Å².